The molecule has 0 saturated heterocycles. The molecule has 0 atom stereocenters. The maximum atomic E-state index is 11.1. The van der Waals surface area contributed by atoms with Crippen molar-refractivity contribution in [1.82, 2.24) is 0 Å². The molecule has 2 aromatic rings. The summed E-state index contributed by atoms with van der Waals surface area (Å²) in [6.45, 7) is 0.291. The van der Waals surface area contributed by atoms with Crippen molar-refractivity contribution in [2.45, 2.75) is 6.54 Å². The summed E-state index contributed by atoms with van der Waals surface area (Å²) in [5.41, 5.74) is 0.336. The Morgan fingerprint density at radius 2 is 2.00 bits per heavy atom. The van der Waals surface area contributed by atoms with Gasteiger partial charge in [0.05, 0.1) is 10.5 Å². The summed E-state index contributed by atoms with van der Waals surface area (Å²) in [4.78, 5) is 21.5. The van der Waals surface area contributed by atoms with Gasteiger partial charge in [-0.25, -0.2) is 4.79 Å². The number of nitrogens with one attached hydrogen (secondary N) is 1. The van der Waals surface area contributed by atoms with Gasteiger partial charge < -0.3 is 10.4 Å². The van der Waals surface area contributed by atoms with Gasteiger partial charge in [-0.05, 0) is 17.7 Å². The third-order valence-corrected chi connectivity index (χ3v) is 2.70. The quantitative estimate of drug-likeness (QED) is 0.644. The number of carbonyl (C=O) groups is 1. The molecule has 2 aromatic carbocycles. The second-order valence-electron chi connectivity index (χ2n) is 4.01. The van der Waals surface area contributed by atoms with Crippen LogP contribution in [-0.2, 0) is 6.54 Å². The Kier molecular flexibility index (Phi) is 3.95. The molecule has 6 heteroatoms. The van der Waals surface area contributed by atoms with E-state index >= 15 is 0 Å². The largest absolute Gasteiger partial charge is 0.478 e. The first-order chi connectivity index (χ1) is 9.59. The van der Waals surface area contributed by atoms with E-state index in [1.54, 1.807) is 0 Å². The van der Waals surface area contributed by atoms with Crippen LogP contribution in [0, 0.1) is 16.2 Å². The van der Waals surface area contributed by atoms with Gasteiger partial charge in [0.2, 0.25) is 0 Å². The molecule has 0 fully saturated rings. The lowest BCUT2D eigenvalue weighted by molar-refractivity contribution is -0.384. The fourth-order valence-corrected chi connectivity index (χ4v) is 1.77. The molecule has 0 saturated carbocycles. The molecule has 20 heavy (non-hydrogen) atoms. The van der Waals surface area contributed by atoms with Crippen molar-refractivity contribution in [3.8, 4) is 0 Å². The lowest BCUT2D eigenvalue weighted by Gasteiger charge is -2.09. The number of nitrogens with zero attached hydrogens (tertiary/aromatic N) is 1. The minimum absolute atomic E-state index is 0.0335. The van der Waals surface area contributed by atoms with Crippen LogP contribution in [0.3, 0.4) is 0 Å². The Morgan fingerprint density at radius 3 is 2.60 bits per heavy atom. The van der Waals surface area contributed by atoms with Crippen molar-refractivity contribution >= 4 is 17.3 Å². The van der Waals surface area contributed by atoms with Crippen LogP contribution >= 0.6 is 0 Å². The van der Waals surface area contributed by atoms with Crippen LogP contribution in [0.25, 0.3) is 0 Å². The highest BCUT2D eigenvalue weighted by atomic mass is 16.6. The molecule has 2 N–H and O–H groups in total. The minimum atomic E-state index is -1.26. The molecule has 0 aliphatic heterocycles. The molecule has 0 aliphatic rings. The Labute approximate surface area is 114 Å². The molecule has 0 amide bonds. The van der Waals surface area contributed by atoms with Crippen molar-refractivity contribution in [3.63, 3.8) is 0 Å². The van der Waals surface area contributed by atoms with Crippen molar-refractivity contribution < 1.29 is 14.8 Å². The van der Waals surface area contributed by atoms with Crippen LogP contribution in [0.4, 0.5) is 11.4 Å². The van der Waals surface area contributed by atoms with E-state index in [1.165, 1.54) is 12.1 Å². The molecule has 0 unspecified atom stereocenters. The van der Waals surface area contributed by atoms with E-state index in [-0.39, 0.29) is 16.9 Å². The first-order valence-electron chi connectivity index (χ1n) is 5.79. The first-order valence-corrected chi connectivity index (χ1v) is 5.79. The normalized spacial score (nSPS) is 10.0. The number of aromatic carboxylic acids is 1. The number of carboxylic acid groups (broad SMARTS) is 1. The third-order valence-electron chi connectivity index (χ3n) is 2.70. The van der Waals surface area contributed by atoms with Crippen molar-refractivity contribution in [2.24, 2.45) is 0 Å². The molecular formula is C14H11N2O4. The van der Waals surface area contributed by atoms with E-state index in [9.17, 15) is 14.9 Å². The first kappa shape index (κ1) is 13.5. The maximum Gasteiger partial charge on any atom is 0.338 e. The van der Waals surface area contributed by atoms with Gasteiger partial charge in [0.25, 0.3) is 5.69 Å². The average molecular weight is 271 g/mol. The Hall–Kier alpha value is -2.89. The summed E-state index contributed by atoms with van der Waals surface area (Å²) >= 11 is 0. The summed E-state index contributed by atoms with van der Waals surface area (Å²) in [7, 11) is 0. The minimum Gasteiger partial charge on any atom is -0.478 e. The SMILES string of the molecule is O=C(O)c1[c]ccc([N+](=O)[O-])c1NCc1ccccc1. The highest BCUT2D eigenvalue weighted by Crippen LogP contribution is 2.28. The molecule has 1 radical (unpaired) electrons. The monoisotopic (exact) mass is 271 g/mol. The Bertz CT molecular complexity index is 609. The Balaban J connectivity index is 2.33. The van der Waals surface area contributed by atoms with E-state index in [2.05, 4.69) is 11.4 Å². The Morgan fingerprint density at radius 1 is 1.30 bits per heavy atom. The molecular weight excluding hydrogens is 260 g/mol. The van der Waals surface area contributed by atoms with Crippen molar-refractivity contribution in [1.29, 1.82) is 0 Å². The second-order valence-corrected chi connectivity index (χ2v) is 4.01. The predicted octanol–water partition coefficient (Wildman–Crippen LogP) is 2.71. The zero-order valence-corrected chi connectivity index (χ0v) is 10.4. The number of carboxylic acids is 1. The number of anilines is 1. The van der Waals surface area contributed by atoms with Gasteiger partial charge in [0.15, 0.2) is 0 Å². The molecule has 0 bridgehead atoms. The number of benzene rings is 2. The lowest BCUT2D eigenvalue weighted by Crippen LogP contribution is -2.09. The zero-order chi connectivity index (χ0) is 14.5. The lowest BCUT2D eigenvalue weighted by atomic mass is 10.1. The van der Waals surface area contributed by atoms with Gasteiger partial charge in [-0.2, -0.15) is 0 Å². The summed E-state index contributed by atoms with van der Waals surface area (Å²) < 4.78 is 0. The van der Waals surface area contributed by atoms with Crippen molar-refractivity contribution in [3.05, 3.63) is 69.8 Å². The van der Waals surface area contributed by atoms with Gasteiger partial charge in [-0.3, -0.25) is 10.1 Å². The fraction of sp³-hybridized carbons (Fsp3) is 0.0714. The van der Waals surface area contributed by atoms with Crippen LogP contribution in [0.15, 0.2) is 42.5 Å². The van der Waals surface area contributed by atoms with Gasteiger partial charge in [-0.1, -0.05) is 30.3 Å². The highest BCUT2D eigenvalue weighted by Gasteiger charge is 2.21. The number of rotatable bonds is 5. The van der Waals surface area contributed by atoms with Crippen LogP contribution in [0.5, 0.6) is 0 Å². The average Bonchev–Trinajstić information content (AvgIpc) is 2.45. The van der Waals surface area contributed by atoms with E-state index in [1.807, 2.05) is 30.3 Å². The summed E-state index contributed by atoms with van der Waals surface area (Å²) in [5, 5.41) is 22.8. The van der Waals surface area contributed by atoms with Gasteiger partial charge in [0.1, 0.15) is 5.69 Å². The summed E-state index contributed by atoms with van der Waals surface area (Å²) in [6.07, 6.45) is 0. The standard InChI is InChI=1S/C14H11N2O4/c17-14(18)11-7-4-8-12(16(19)20)13(11)15-9-10-5-2-1-3-6-10/h1-6,8,15H,9H2,(H,17,18). The summed E-state index contributed by atoms with van der Waals surface area (Å²) in [6, 6.07) is 14.2. The topological polar surface area (TPSA) is 92.5 Å². The zero-order valence-electron chi connectivity index (χ0n) is 10.4. The van der Waals surface area contributed by atoms with Gasteiger partial charge in [-0.15, -0.1) is 0 Å². The molecule has 0 aliphatic carbocycles. The van der Waals surface area contributed by atoms with Gasteiger partial charge >= 0.3 is 5.97 Å². The smallest absolute Gasteiger partial charge is 0.338 e. The number of nitro benzene ring substituents is 1. The van der Waals surface area contributed by atoms with Crippen LogP contribution in [-0.4, -0.2) is 16.0 Å². The summed E-state index contributed by atoms with van der Waals surface area (Å²) in [5.74, 6) is -1.26. The van der Waals surface area contributed by atoms with Crippen LogP contribution < -0.4 is 5.32 Å². The van der Waals surface area contributed by atoms with E-state index in [4.69, 9.17) is 5.11 Å². The fourth-order valence-electron chi connectivity index (χ4n) is 1.77. The second kappa shape index (κ2) is 5.83. The molecule has 101 valence electrons. The third kappa shape index (κ3) is 2.92. The van der Waals surface area contributed by atoms with Crippen LogP contribution in [0.2, 0.25) is 0 Å². The predicted molar refractivity (Wildman–Crippen MR) is 72.7 cm³/mol. The maximum absolute atomic E-state index is 11.1. The number of hydrogen-bond donors (Lipinski definition) is 2. The molecule has 0 heterocycles. The molecule has 6 nitrogen and oxygen atoms in total. The highest BCUT2D eigenvalue weighted by molar-refractivity contribution is 5.96. The molecule has 2 rings (SSSR count). The van der Waals surface area contributed by atoms with Crippen molar-refractivity contribution in [2.75, 3.05) is 5.32 Å². The van der Waals surface area contributed by atoms with E-state index < -0.39 is 10.9 Å². The van der Waals surface area contributed by atoms with E-state index in [0.717, 1.165) is 5.56 Å². The molecule has 0 aromatic heterocycles. The number of hydrogen-bond acceptors (Lipinski definition) is 4. The van der Waals surface area contributed by atoms with Crippen LogP contribution in [0.1, 0.15) is 15.9 Å². The number of nitro groups is 1. The van der Waals surface area contributed by atoms with Gasteiger partial charge in [0, 0.05) is 12.6 Å². The van der Waals surface area contributed by atoms with E-state index in [0.29, 0.717) is 6.54 Å². The molecule has 0 spiro atoms.